The van der Waals surface area contributed by atoms with E-state index in [0.29, 0.717) is 17.6 Å². The molecule has 0 aliphatic carbocycles. The Morgan fingerprint density at radius 1 is 1.06 bits per heavy atom. The van der Waals surface area contributed by atoms with E-state index in [1.165, 1.54) is 11.6 Å². The summed E-state index contributed by atoms with van der Waals surface area (Å²) >= 11 is 0. The summed E-state index contributed by atoms with van der Waals surface area (Å²) in [5.41, 5.74) is 2.82. The van der Waals surface area contributed by atoms with Crippen molar-refractivity contribution < 1.29 is 14.3 Å². The van der Waals surface area contributed by atoms with Crippen LogP contribution in [0.1, 0.15) is 75.9 Å². The second-order valence-corrected chi connectivity index (χ2v) is 8.98. The van der Waals surface area contributed by atoms with Gasteiger partial charge in [0.1, 0.15) is 17.7 Å². The van der Waals surface area contributed by atoms with Crippen molar-refractivity contribution in [3.8, 4) is 5.75 Å². The molecular formula is C25H32N3O3+. The smallest absolute Gasteiger partial charge is 0.341 e. The van der Waals surface area contributed by atoms with E-state index in [1.54, 1.807) is 18.2 Å². The predicted molar refractivity (Wildman–Crippen MR) is 123 cm³/mol. The lowest BCUT2D eigenvalue weighted by molar-refractivity contribution is -0.120. The topological polar surface area (TPSA) is 74.8 Å². The molecule has 0 saturated carbocycles. The summed E-state index contributed by atoms with van der Waals surface area (Å²) in [5.74, 6) is 0.0825. The van der Waals surface area contributed by atoms with Gasteiger partial charge in [0, 0.05) is 11.1 Å². The molecule has 6 heteroatoms. The lowest BCUT2D eigenvalue weighted by Gasteiger charge is -2.30. The molecule has 0 atom stereocenters. The lowest BCUT2D eigenvalue weighted by Crippen LogP contribution is -2.30. The third-order valence-electron chi connectivity index (χ3n) is 6.19. The summed E-state index contributed by atoms with van der Waals surface area (Å²) in [7, 11) is 0. The number of amides is 1. The second kappa shape index (κ2) is 9.74. The first-order valence-electron chi connectivity index (χ1n) is 10.6. The van der Waals surface area contributed by atoms with Gasteiger partial charge in [0.2, 0.25) is 0 Å². The number of ether oxygens (including phenoxy) is 1. The highest BCUT2D eigenvalue weighted by Crippen LogP contribution is 2.38. The van der Waals surface area contributed by atoms with E-state index >= 15 is 0 Å². The van der Waals surface area contributed by atoms with Crippen molar-refractivity contribution in [1.29, 1.82) is 5.39 Å². The van der Waals surface area contributed by atoms with Gasteiger partial charge in [0.15, 0.2) is 6.61 Å². The van der Waals surface area contributed by atoms with Crippen molar-refractivity contribution in [2.75, 3.05) is 11.6 Å². The summed E-state index contributed by atoms with van der Waals surface area (Å²) in [5, 5.41) is 13.3. The molecule has 0 aliphatic rings. The molecule has 2 aromatic rings. The monoisotopic (exact) mass is 422 g/mol. The van der Waals surface area contributed by atoms with Crippen LogP contribution < -0.4 is 9.75 Å². The molecule has 0 unspecified atom stereocenters. The highest BCUT2D eigenvalue weighted by Gasteiger charge is 2.30. The van der Waals surface area contributed by atoms with E-state index in [9.17, 15) is 15.0 Å². The summed E-state index contributed by atoms with van der Waals surface area (Å²) in [6.45, 7) is 12.7. The maximum Gasteiger partial charge on any atom is 0.341 e. The first kappa shape index (κ1) is 24.1. The number of benzene rings is 2. The highest BCUT2D eigenvalue weighted by molar-refractivity contribution is 5.96. The molecule has 0 radical (unpaired) electrons. The zero-order valence-corrected chi connectivity index (χ0v) is 19.3. The first-order chi connectivity index (χ1) is 14.6. The number of diazo groups is 1. The Hall–Kier alpha value is -3.20. The Morgan fingerprint density at radius 2 is 1.74 bits per heavy atom. The molecular weight excluding hydrogens is 390 g/mol. The van der Waals surface area contributed by atoms with Crippen molar-refractivity contribution in [3.05, 3.63) is 64.2 Å². The summed E-state index contributed by atoms with van der Waals surface area (Å²) in [4.78, 5) is 23.7. The number of hydrogen-bond donors (Lipinski definition) is 0. The molecule has 1 amide bonds. The number of carbonyl (C=O) groups is 2. The molecule has 0 bridgehead atoms. The van der Waals surface area contributed by atoms with Crippen molar-refractivity contribution in [2.45, 2.75) is 65.2 Å². The molecule has 0 aromatic heterocycles. The zero-order valence-electron chi connectivity index (χ0n) is 19.3. The van der Waals surface area contributed by atoms with Gasteiger partial charge in [-0.2, -0.15) is 0 Å². The number of hydrogen-bond acceptors (Lipinski definition) is 4. The minimum Gasteiger partial charge on any atom is -0.483 e. The third-order valence-corrected chi connectivity index (χ3v) is 6.19. The Labute approximate surface area is 184 Å². The van der Waals surface area contributed by atoms with E-state index in [2.05, 4.69) is 52.7 Å². The Morgan fingerprint density at radius 3 is 2.32 bits per heavy atom. The van der Waals surface area contributed by atoms with Gasteiger partial charge >= 0.3 is 11.0 Å². The van der Waals surface area contributed by atoms with Gasteiger partial charge in [-0.1, -0.05) is 65.8 Å². The minimum atomic E-state index is -0.552. The molecule has 2 aromatic carbocycles. The van der Waals surface area contributed by atoms with Gasteiger partial charge in [-0.05, 0) is 47.4 Å². The molecule has 0 aliphatic heterocycles. The van der Waals surface area contributed by atoms with E-state index < -0.39 is 5.91 Å². The second-order valence-electron chi connectivity index (χ2n) is 8.98. The Kier molecular flexibility index (Phi) is 7.56. The number of carbonyl (C=O) groups excluding carboxylic acids is 2. The first-order valence-corrected chi connectivity index (χ1v) is 10.6. The van der Waals surface area contributed by atoms with Crippen molar-refractivity contribution >= 4 is 17.9 Å². The number of aldehydes is 1. The normalized spacial score (nSPS) is 11.5. The highest BCUT2D eigenvalue weighted by atomic mass is 16.5. The van der Waals surface area contributed by atoms with Crippen LogP contribution in [0.2, 0.25) is 0 Å². The van der Waals surface area contributed by atoms with Crippen LogP contribution in [-0.2, 0) is 15.6 Å². The maximum absolute atomic E-state index is 12.7. The van der Waals surface area contributed by atoms with E-state index in [0.717, 1.165) is 23.4 Å². The molecule has 0 N–H and O–H groups in total. The Bertz CT molecular complexity index is 990. The molecule has 0 fully saturated rings. The van der Waals surface area contributed by atoms with Crippen LogP contribution in [0.15, 0.2) is 42.5 Å². The Balaban J connectivity index is 2.31. The zero-order chi connectivity index (χ0) is 23.2. The molecule has 0 spiro atoms. The fraction of sp³-hybridized carbons (Fsp3) is 0.440. The molecule has 0 saturated heterocycles. The van der Waals surface area contributed by atoms with Gasteiger partial charge in [-0.3, -0.25) is 9.59 Å². The van der Waals surface area contributed by atoms with Crippen molar-refractivity contribution in [3.63, 3.8) is 0 Å². The van der Waals surface area contributed by atoms with Crippen LogP contribution in [0, 0.1) is 5.39 Å². The van der Waals surface area contributed by atoms with Gasteiger partial charge in [0.05, 0.1) is 5.01 Å². The average molecular weight is 423 g/mol. The standard InChI is InChI=1S/C25H32N3O3/c1-7-24(3,4)19-12-13-22(21(15-19)25(5,6)8-2)31-17-23(30)28(27-26)20-11-9-10-18(14-20)16-29/h9-16H,7-8,17H2,1-6H3/q+1. The fourth-order valence-electron chi connectivity index (χ4n) is 3.18. The van der Waals surface area contributed by atoms with Crippen LogP contribution in [0.3, 0.4) is 0 Å². The van der Waals surface area contributed by atoms with Crippen molar-refractivity contribution in [2.24, 2.45) is 0 Å². The SMILES string of the molecule is CCC(C)(C)c1ccc(OCC(=O)N([N+]#N)c2cccc(C=O)c2)c(C(C)(C)CC)c1. The van der Waals surface area contributed by atoms with Crippen LogP contribution in [-0.4, -0.2) is 18.8 Å². The fourth-order valence-corrected chi connectivity index (χ4v) is 3.18. The van der Waals surface area contributed by atoms with Crippen LogP contribution >= 0.6 is 0 Å². The maximum atomic E-state index is 12.7. The quantitative estimate of drug-likeness (QED) is 0.280. The molecule has 31 heavy (non-hydrogen) atoms. The van der Waals surface area contributed by atoms with Gasteiger partial charge in [-0.15, -0.1) is 0 Å². The third kappa shape index (κ3) is 5.49. The summed E-state index contributed by atoms with van der Waals surface area (Å²) in [6, 6.07) is 12.4. The number of anilines is 1. The van der Waals surface area contributed by atoms with Gasteiger partial charge < -0.3 is 4.74 Å². The number of rotatable bonds is 9. The van der Waals surface area contributed by atoms with Gasteiger partial charge in [0.25, 0.3) is 5.39 Å². The average Bonchev–Trinajstić information content (AvgIpc) is 2.78. The van der Waals surface area contributed by atoms with Crippen molar-refractivity contribution in [1.82, 2.24) is 0 Å². The lowest BCUT2D eigenvalue weighted by atomic mass is 9.76. The summed E-state index contributed by atoms with van der Waals surface area (Å²) < 4.78 is 5.92. The van der Waals surface area contributed by atoms with Crippen LogP contribution in [0.5, 0.6) is 5.75 Å². The molecule has 164 valence electrons. The number of nitrogens with zero attached hydrogens (tertiary/aromatic N) is 3. The summed E-state index contributed by atoms with van der Waals surface area (Å²) in [6.07, 6.45) is 2.58. The van der Waals surface area contributed by atoms with Gasteiger partial charge in [-0.25, -0.2) is 0 Å². The minimum absolute atomic E-state index is 0.0308. The molecule has 0 heterocycles. The van der Waals surface area contributed by atoms with Crippen LogP contribution in [0.4, 0.5) is 5.69 Å². The van der Waals surface area contributed by atoms with Crippen LogP contribution in [0.25, 0.3) is 5.08 Å². The van der Waals surface area contributed by atoms with E-state index in [-0.39, 0.29) is 23.1 Å². The van der Waals surface area contributed by atoms with E-state index in [1.807, 2.05) is 12.1 Å². The largest absolute Gasteiger partial charge is 0.483 e. The predicted octanol–water partition coefficient (Wildman–Crippen LogP) is 6.05. The van der Waals surface area contributed by atoms with E-state index in [4.69, 9.17) is 4.74 Å². The molecule has 6 nitrogen and oxygen atoms in total. The molecule has 2 rings (SSSR count).